The third kappa shape index (κ3) is 9.35. The predicted octanol–water partition coefficient (Wildman–Crippen LogP) is 1.75. The molecule has 0 unspecified atom stereocenters. The van der Waals surface area contributed by atoms with Crippen LogP contribution in [-0.4, -0.2) is 66.6 Å². The Balaban J connectivity index is 4.38. The summed E-state index contributed by atoms with van der Waals surface area (Å²) in [5.41, 5.74) is -0.240. The van der Waals surface area contributed by atoms with E-state index in [1.54, 1.807) is 7.11 Å². The van der Waals surface area contributed by atoms with Crippen molar-refractivity contribution in [1.82, 2.24) is 0 Å². The third-order valence-corrected chi connectivity index (χ3v) is 2.68. The molecule has 0 rings (SSSR count). The molecule has 5 heteroatoms. The molecule has 0 aromatic heterocycles. The van der Waals surface area contributed by atoms with Gasteiger partial charge in [0.05, 0.1) is 45.1 Å². The lowest BCUT2D eigenvalue weighted by molar-refractivity contribution is -0.106. The second kappa shape index (κ2) is 12.8. The highest BCUT2D eigenvalue weighted by Crippen LogP contribution is 2.20. The molecule has 0 amide bonds. The van der Waals surface area contributed by atoms with Crippen LogP contribution < -0.4 is 0 Å². The lowest BCUT2D eigenvalue weighted by Crippen LogP contribution is -2.42. The molecular weight excluding hydrogens is 248 g/mol. The summed E-state index contributed by atoms with van der Waals surface area (Å²) in [5.74, 6) is 0. The molecule has 19 heavy (non-hydrogen) atoms. The third-order valence-electron chi connectivity index (χ3n) is 2.68. The summed E-state index contributed by atoms with van der Waals surface area (Å²) in [7, 11) is 1.66. The van der Waals surface area contributed by atoms with Gasteiger partial charge in [0.2, 0.25) is 0 Å². The highest BCUT2D eigenvalue weighted by molar-refractivity contribution is 4.79. The van der Waals surface area contributed by atoms with E-state index in [9.17, 15) is 0 Å². The van der Waals surface area contributed by atoms with Gasteiger partial charge in [0.25, 0.3) is 0 Å². The second-order valence-electron chi connectivity index (χ2n) is 4.46. The normalized spacial score (nSPS) is 12.0. The fraction of sp³-hybridized carbons (Fsp3) is 1.00. The Morgan fingerprint density at radius 1 is 0.632 bits per heavy atom. The molecule has 5 nitrogen and oxygen atoms in total. The van der Waals surface area contributed by atoms with Crippen LogP contribution in [0.4, 0.5) is 0 Å². The number of hydrogen-bond acceptors (Lipinski definition) is 5. The van der Waals surface area contributed by atoms with Crippen LogP contribution in [-0.2, 0) is 23.7 Å². The Kier molecular flexibility index (Phi) is 12.7. The Labute approximate surface area is 117 Å². The Morgan fingerprint density at radius 2 is 1.05 bits per heavy atom. The van der Waals surface area contributed by atoms with Crippen LogP contribution in [0.5, 0.6) is 0 Å². The molecule has 0 aliphatic rings. The Morgan fingerprint density at radius 3 is 1.42 bits per heavy atom. The molecule has 0 radical (unpaired) electrons. The van der Waals surface area contributed by atoms with Crippen LogP contribution in [0.2, 0.25) is 0 Å². The van der Waals surface area contributed by atoms with Crippen molar-refractivity contribution in [2.75, 3.05) is 66.6 Å². The van der Waals surface area contributed by atoms with Crippen molar-refractivity contribution >= 4 is 0 Å². The van der Waals surface area contributed by atoms with E-state index in [0.717, 1.165) is 0 Å². The number of methoxy groups -OCH3 is 1. The van der Waals surface area contributed by atoms with Gasteiger partial charge in [-0.25, -0.2) is 0 Å². The average molecular weight is 278 g/mol. The standard InChI is InChI=1S/C14H30O5/c1-5-16-10-14(11-17-6-2,12-18-7-3)13-19-9-8-15-4/h5-13H2,1-4H3. The van der Waals surface area contributed by atoms with Crippen LogP contribution in [0, 0.1) is 5.41 Å². The van der Waals surface area contributed by atoms with Crippen molar-refractivity contribution in [3.63, 3.8) is 0 Å². The summed E-state index contributed by atoms with van der Waals surface area (Å²) >= 11 is 0. The minimum absolute atomic E-state index is 0.240. The fourth-order valence-corrected chi connectivity index (χ4v) is 1.64. The molecule has 0 aliphatic heterocycles. The molecule has 0 N–H and O–H groups in total. The first-order chi connectivity index (χ1) is 9.24. The zero-order chi connectivity index (χ0) is 14.4. The molecule has 0 saturated carbocycles. The zero-order valence-electron chi connectivity index (χ0n) is 12.9. The molecule has 116 valence electrons. The highest BCUT2D eigenvalue weighted by Gasteiger charge is 2.32. The van der Waals surface area contributed by atoms with Crippen LogP contribution in [0.1, 0.15) is 20.8 Å². The van der Waals surface area contributed by atoms with E-state index in [-0.39, 0.29) is 5.41 Å². The van der Waals surface area contributed by atoms with Gasteiger partial charge in [-0.1, -0.05) is 0 Å². The van der Waals surface area contributed by atoms with Gasteiger partial charge in [-0.3, -0.25) is 0 Å². The van der Waals surface area contributed by atoms with Crippen molar-refractivity contribution in [2.24, 2.45) is 5.41 Å². The quantitative estimate of drug-likeness (QED) is 0.453. The van der Waals surface area contributed by atoms with Crippen LogP contribution in [0.25, 0.3) is 0 Å². The summed E-state index contributed by atoms with van der Waals surface area (Å²) < 4.78 is 27.4. The van der Waals surface area contributed by atoms with Gasteiger partial charge in [0, 0.05) is 26.9 Å². The number of ether oxygens (including phenoxy) is 5. The molecule has 0 aliphatic carbocycles. The Bertz CT molecular complexity index is 165. The van der Waals surface area contributed by atoms with Crippen LogP contribution in [0.3, 0.4) is 0 Å². The van der Waals surface area contributed by atoms with E-state index in [1.165, 1.54) is 0 Å². The van der Waals surface area contributed by atoms with Gasteiger partial charge >= 0.3 is 0 Å². The lowest BCUT2D eigenvalue weighted by Gasteiger charge is -2.32. The largest absolute Gasteiger partial charge is 0.382 e. The minimum atomic E-state index is -0.240. The van der Waals surface area contributed by atoms with Crippen molar-refractivity contribution in [3.8, 4) is 0 Å². The molecule has 0 heterocycles. The molecule has 0 aromatic rings. The van der Waals surface area contributed by atoms with Crippen molar-refractivity contribution in [2.45, 2.75) is 20.8 Å². The number of rotatable bonds is 14. The van der Waals surface area contributed by atoms with Gasteiger partial charge in [0.1, 0.15) is 0 Å². The van der Waals surface area contributed by atoms with E-state index < -0.39 is 0 Å². The summed E-state index contributed by atoms with van der Waals surface area (Å²) in [4.78, 5) is 0. The molecule has 0 saturated heterocycles. The van der Waals surface area contributed by atoms with Gasteiger partial charge in [-0.15, -0.1) is 0 Å². The van der Waals surface area contributed by atoms with E-state index in [1.807, 2.05) is 20.8 Å². The first-order valence-electron chi connectivity index (χ1n) is 7.04. The Hall–Kier alpha value is -0.200. The molecule has 0 bridgehead atoms. The van der Waals surface area contributed by atoms with Crippen LogP contribution in [0.15, 0.2) is 0 Å². The smallest absolute Gasteiger partial charge is 0.0700 e. The summed E-state index contributed by atoms with van der Waals surface area (Å²) in [6, 6.07) is 0. The molecule has 0 atom stereocenters. The van der Waals surface area contributed by atoms with Gasteiger partial charge in [0.15, 0.2) is 0 Å². The van der Waals surface area contributed by atoms with Gasteiger partial charge < -0.3 is 23.7 Å². The average Bonchev–Trinajstić information content (AvgIpc) is 2.44. The number of hydrogen-bond donors (Lipinski definition) is 0. The maximum atomic E-state index is 5.67. The van der Waals surface area contributed by atoms with Gasteiger partial charge in [-0.2, -0.15) is 0 Å². The van der Waals surface area contributed by atoms with E-state index in [0.29, 0.717) is 59.5 Å². The maximum absolute atomic E-state index is 5.67. The lowest BCUT2D eigenvalue weighted by atomic mass is 9.92. The summed E-state index contributed by atoms with van der Waals surface area (Å²) in [6.07, 6.45) is 0. The van der Waals surface area contributed by atoms with E-state index in [4.69, 9.17) is 23.7 Å². The predicted molar refractivity (Wildman–Crippen MR) is 74.6 cm³/mol. The minimum Gasteiger partial charge on any atom is -0.382 e. The topological polar surface area (TPSA) is 46.2 Å². The van der Waals surface area contributed by atoms with Gasteiger partial charge in [-0.05, 0) is 20.8 Å². The summed E-state index contributed by atoms with van der Waals surface area (Å²) in [6.45, 7) is 11.4. The van der Waals surface area contributed by atoms with Crippen molar-refractivity contribution in [1.29, 1.82) is 0 Å². The zero-order valence-corrected chi connectivity index (χ0v) is 12.9. The molecule has 0 spiro atoms. The molecular formula is C14H30O5. The van der Waals surface area contributed by atoms with Crippen LogP contribution >= 0.6 is 0 Å². The van der Waals surface area contributed by atoms with Crippen molar-refractivity contribution < 1.29 is 23.7 Å². The first kappa shape index (κ1) is 18.8. The van der Waals surface area contributed by atoms with E-state index in [2.05, 4.69) is 0 Å². The fourth-order valence-electron chi connectivity index (χ4n) is 1.64. The molecule has 0 aromatic carbocycles. The second-order valence-corrected chi connectivity index (χ2v) is 4.46. The molecule has 0 fully saturated rings. The highest BCUT2D eigenvalue weighted by atomic mass is 16.5. The SMILES string of the molecule is CCOCC(COCC)(COCC)COCCOC. The van der Waals surface area contributed by atoms with E-state index >= 15 is 0 Å². The first-order valence-corrected chi connectivity index (χ1v) is 7.04. The van der Waals surface area contributed by atoms with Crippen molar-refractivity contribution in [3.05, 3.63) is 0 Å². The maximum Gasteiger partial charge on any atom is 0.0700 e. The monoisotopic (exact) mass is 278 g/mol. The summed E-state index contributed by atoms with van der Waals surface area (Å²) in [5, 5.41) is 0.